The van der Waals surface area contributed by atoms with Crippen LogP contribution in [0, 0.1) is 0 Å². The van der Waals surface area contributed by atoms with Crippen LogP contribution < -0.4 is 10.1 Å². The third kappa shape index (κ3) is 6.08. The summed E-state index contributed by atoms with van der Waals surface area (Å²) in [6.45, 7) is 8.82. The minimum Gasteiger partial charge on any atom is -0.484 e. The maximum absolute atomic E-state index is 12.2. The Labute approximate surface area is 167 Å². The molecule has 2 aromatic carbocycles. The van der Waals surface area contributed by atoms with E-state index < -0.39 is 0 Å². The molecule has 0 bridgehead atoms. The molecule has 1 N–H and O–H groups in total. The number of anilines is 1. The average Bonchev–Trinajstić information content (AvgIpc) is 2.74. The molecule has 5 heteroatoms. The maximum Gasteiger partial charge on any atom is 0.262 e. The fourth-order valence-electron chi connectivity index (χ4n) is 3.19. The third-order valence-corrected chi connectivity index (χ3v) is 5.18. The molecule has 1 amide bonds. The van der Waals surface area contributed by atoms with E-state index in [0.29, 0.717) is 11.7 Å². The number of rotatable bonds is 8. The lowest BCUT2D eigenvalue weighted by Crippen LogP contribution is -2.35. The number of amides is 1. The lowest BCUT2D eigenvalue weighted by molar-refractivity contribution is -0.118. The van der Waals surface area contributed by atoms with Crippen molar-refractivity contribution in [2.45, 2.75) is 32.7 Å². The predicted molar refractivity (Wildman–Crippen MR) is 112 cm³/mol. The number of benzene rings is 2. The highest BCUT2D eigenvalue weighted by molar-refractivity contribution is 5.91. The van der Waals surface area contributed by atoms with Gasteiger partial charge in [0.05, 0.1) is 13.2 Å². The molecule has 0 radical (unpaired) electrons. The van der Waals surface area contributed by atoms with Gasteiger partial charge >= 0.3 is 0 Å². The molecule has 1 aliphatic heterocycles. The predicted octanol–water partition coefficient (Wildman–Crippen LogP) is 4.05. The molecule has 1 aliphatic rings. The van der Waals surface area contributed by atoms with Gasteiger partial charge in [-0.05, 0) is 47.7 Å². The van der Waals surface area contributed by atoms with Gasteiger partial charge in [0, 0.05) is 25.3 Å². The Morgan fingerprint density at radius 1 is 1.11 bits per heavy atom. The summed E-state index contributed by atoms with van der Waals surface area (Å²) in [5.41, 5.74) is 3.31. The molecule has 5 nitrogen and oxygen atoms in total. The molecule has 1 saturated heterocycles. The van der Waals surface area contributed by atoms with E-state index in [1.807, 2.05) is 24.3 Å². The number of carbonyl (C=O) groups is 1. The number of hydrogen-bond donors (Lipinski definition) is 1. The number of ether oxygens (including phenoxy) is 2. The van der Waals surface area contributed by atoms with Crippen LogP contribution in [0.15, 0.2) is 48.5 Å². The summed E-state index contributed by atoms with van der Waals surface area (Å²) >= 11 is 0. The van der Waals surface area contributed by atoms with Gasteiger partial charge in [0.25, 0.3) is 5.91 Å². The van der Waals surface area contributed by atoms with Crippen LogP contribution in [-0.2, 0) is 16.1 Å². The van der Waals surface area contributed by atoms with E-state index in [9.17, 15) is 4.79 Å². The molecule has 28 heavy (non-hydrogen) atoms. The molecule has 0 unspecified atom stereocenters. The Kier molecular flexibility index (Phi) is 7.46. The molecule has 1 fully saturated rings. The van der Waals surface area contributed by atoms with Crippen molar-refractivity contribution < 1.29 is 14.3 Å². The zero-order chi connectivity index (χ0) is 19.8. The van der Waals surface area contributed by atoms with Crippen molar-refractivity contribution in [3.8, 4) is 5.75 Å². The van der Waals surface area contributed by atoms with E-state index >= 15 is 0 Å². The van der Waals surface area contributed by atoms with E-state index in [4.69, 9.17) is 9.47 Å². The van der Waals surface area contributed by atoms with Crippen LogP contribution in [-0.4, -0.2) is 43.7 Å². The average molecular weight is 383 g/mol. The Morgan fingerprint density at radius 2 is 1.79 bits per heavy atom. The standard InChI is InChI=1S/C23H30N2O3/c1-3-18(2)20-6-10-22(11-7-20)28-17-23(26)24-21-8-4-19(5-9-21)16-25-12-14-27-15-13-25/h4-11,18H,3,12-17H2,1-2H3,(H,24,26)/t18-/m0/s1. The van der Waals surface area contributed by atoms with Crippen molar-refractivity contribution in [1.29, 1.82) is 0 Å². The molecule has 1 heterocycles. The molecule has 2 aromatic rings. The van der Waals surface area contributed by atoms with Crippen molar-refractivity contribution in [2.75, 3.05) is 38.2 Å². The van der Waals surface area contributed by atoms with Gasteiger partial charge in [0.2, 0.25) is 0 Å². The highest BCUT2D eigenvalue weighted by Gasteiger charge is 2.11. The summed E-state index contributed by atoms with van der Waals surface area (Å²) in [5.74, 6) is 1.08. The molecule has 0 spiro atoms. The minimum absolute atomic E-state index is 0.00178. The first-order valence-electron chi connectivity index (χ1n) is 10.1. The summed E-state index contributed by atoms with van der Waals surface area (Å²) in [6, 6.07) is 16.0. The van der Waals surface area contributed by atoms with Crippen LogP contribution in [0.3, 0.4) is 0 Å². The second-order valence-electron chi connectivity index (χ2n) is 7.30. The zero-order valence-electron chi connectivity index (χ0n) is 16.8. The van der Waals surface area contributed by atoms with Crippen molar-refractivity contribution in [1.82, 2.24) is 4.90 Å². The summed E-state index contributed by atoms with van der Waals surface area (Å²) in [4.78, 5) is 14.5. The quantitative estimate of drug-likeness (QED) is 0.748. The summed E-state index contributed by atoms with van der Waals surface area (Å²) < 4.78 is 11.0. The Bertz CT molecular complexity index is 737. The first-order chi connectivity index (χ1) is 13.6. The lowest BCUT2D eigenvalue weighted by atomic mass is 9.99. The summed E-state index contributed by atoms with van der Waals surface area (Å²) in [6.07, 6.45) is 1.11. The molecular formula is C23H30N2O3. The van der Waals surface area contributed by atoms with E-state index in [2.05, 4.69) is 48.3 Å². The number of nitrogens with zero attached hydrogens (tertiary/aromatic N) is 1. The first kappa shape index (κ1) is 20.4. The fraction of sp³-hybridized carbons (Fsp3) is 0.435. The zero-order valence-corrected chi connectivity index (χ0v) is 16.8. The van der Waals surface area contributed by atoms with Gasteiger partial charge in [-0.1, -0.05) is 38.1 Å². The van der Waals surface area contributed by atoms with Crippen LogP contribution in [0.2, 0.25) is 0 Å². The Morgan fingerprint density at radius 3 is 2.43 bits per heavy atom. The second kappa shape index (κ2) is 10.2. The highest BCUT2D eigenvalue weighted by atomic mass is 16.5. The van der Waals surface area contributed by atoms with E-state index in [1.54, 1.807) is 0 Å². The molecule has 3 rings (SSSR count). The number of morpholine rings is 1. The highest BCUT2D eigenvalue weighted by Crippen LogP contribution is 2.21. The first-order valence-corrected chi connectivity index (χ1v) is 10.1. The second-order valence-corrected chi connectivity index (χ2v) is 7.30. The van der Waals surface area contributed by atoms with E-state index in [0.717, 1.165) is 45.0 Å². The van der Waals surface area contributed by atoms with E-state index in [-0.39, 0.29) is 12.5 Å². The van der Waals surface area contributed by atoms with Crippen molar-refractivity contribution in [3.63, 3.8) is 0 Å². The molecule has 0 aromatic heterocycles. The molecule has 0 aliphatic carbocycles. The van der Waals surface area contributed by atoms with Gasteiger partial charge in [0.1, 0.15) is 5.75 Å². The van der Waals surface area contributed by atoms with Crippen LogP contribution in [0.4, 0.5) is 5.69 Å². The van der Waals surface area contributed by atoms with Crippen LogP contribution >= 0.6 is 0 Å². The number of hydrogen-bond acceptors (Lipinski definition) is 4. The lowest BCUT2D eigenvalue weighted by Gasteiger charge is -2.26. The largest absolute Gasteiger partial charge is 0.484 e. The minimum atomic E-state index is -0.160. The van der Waals surface area contributed by atoms with Gasteiger partial charge in [-0.3, -0.25) is 9.69 Å². The Hall–Kier alpha value is -2.37. The van der Waals surface area contributed by atoms with Crippen LogP contribution in [0.1, 0.15) is 37.3 Å². The summed E-state index contributed by atoms with van der Waals surface area (Å²) in [7, 11) is 0. The smallest absolute Gasteiger partial charge is 0.262 e. The SMILES string of the molecule is CC[C@H](C)c1ccc(OCC(=O)Nc2ccc(CN3CCOCC3)cc2)cc1. The molecule has 0 saturated carbocycles. The fourth-order valence-corrected chi connectivity index (χ4v) is 3.19. The van der Waals surface area contributed by atoms with Gasteiger partial charge in [-0.25, -0.2) is 0 Å². The van der Waals surface area contributed by atoms with Gasteiger partial charge < -0.3 is 14.8 Å². The molecule has 150 valence electrons. The third-order valence-electron chi connectivity index (χ3n) is 5.18. The summed E-state index contributed by atoms with van der Waals surface area (Å²) in [5, 5.41) is 2.88. The monoisotopic (exact) mass is 382 g/mol. The van der Waals surface area contributed by atoms with Crippen molar-refractivity contribution in [3.05, 3.63) is 59.7 Å². The number of carbonyl (C=O) groups excluding carboxylic acids is 1. The topological polar surface area (TPSA) is 50.8 Å². The maximum atomic E-state index is 12.2. The van der Waals surface area contributed by atoms with Crippen LogP contribution in [0.25, 0.3) is 0 Å². The van der Waals surface area contributed by atoms with Crippen molar-refractivity contribution >= 4 is 11.6 Å². The van der Waals surface area contributed by atoms with Gasteiger partial charge in [-0.15, -0.1) is 0 Å². The number of nitrogens with one attached hydrogen (secondary N) is 1. The molecule has 1 atom stereocenters. The van der Waals surface area contributed by atoms with Gasteiger partial charge in [-0.2, -0.15) is 0 Å². The molecular weight excluding hydrogens is 352 g/mol. The van der Waals surface area contributed by atoms with Crippen molar-refractivity contribution in [2.24, 2.45) is 0 Å². The van der Waals surface area contributed by atoms with Gasteiger partial charge in [0.15, 0.2) is 6.61 Å². The Balaban J connectivity index is 1.44. The van der Waals surface area contributed by atoms with E-state index in [1.165, 1.54) is 11.1 Å². The van der Waals surface area contributed by atoms with Crippen LogP contribution in [0.5, 0.6) is 5.75 Å². The normalized spacial score (nSPS) is 15.8.